The molecular weight excluding hydrogens is 490 g/mol. The maximum absolute atomic E-state index is 14.4. The molecule has 7 nitrogen and oxygen atoms in total. The second-order valence-corrected chi connectivity index (χ2v) is 9.34. The van der Waals surface area contributed by atoms with Crippen LogP contribution in [0.25, 0.3) is 22.2 Å². The number of hydrogen-bond donors (Lipinski definition) is 1. The summed E-state index contributed by atoms with van der Waals surface area (Å²) in [6, 6.07) is 16.2. The molecule has 3 aromatic carbocycles. The Morgan fingerprint density at radius 2 is 1.89 bits per heavy atom. The summed E-state index contributed by atoms with van der Waals surface area (Å²) in [6.45, 7) is 4.63. The van der Waals surface area contributed by atoms with E-state index in [1.54, 1.807) is 6.92 Å². The van der Waals surface area contributed by atoms with Crippen molar-refractivity contribution in [3.05, 3.63) is 111 Å². The van der Waals surface area contributed by atoms with Gasteiger partial charge in [-0.15, -0.1) is 0 Å². The number of allylic oxidation sites excluding steroid dienone is 1. The highest BCUT2D eigenvalue weighted by molar-refractivity contribution is 5.99. The summed E-state index contributed by atoms with van der Waals surface area (Å²) in [7, 11) is 0. The predicted molar refractivity (Wildman–Crippen MR) is 139 cm³/mol. The Bertz CT molecular complexity index is 1780. The number of ether oxygens (including phenoxy) is 1. The Labute approximate surface area is 216 Å². The molecule has 0 spiro atoms. The van der Waals surface area contributed by atoms with Crippen LogP contribution in [0.5, 0.6) is 5.75 Å². The fourth-order valence-corrected chi connectivity index (χ4v) is 5.07. The van der Waals surface area contributed by atoms with E-state index in [0.29, 0.717) is 23.3 Å². The minimum Gasteiger partial charge on any atom is -0.488 e. The number of hydrogen-bond acceptors (Lipinski definition) is 5. The second kappa shape index (κ2) is 9.41. The van der Waals surface area contributed by atoms with Crippen LogP contribution in [-0.2, 0) is 19.6 Å². The van der Waals surface area contributed by atoms with Crippen LogP contribution in [-0.4, -0.2) is 19.7 Å². The summed E-state index contributed by atoms with van der Waals surface area (Å²) in [4.78, 5) is 19.0. The molecule has 0 atom stereocenters. The van der Waals surface area contributed by atoms with Crippen molar-refractivity contribution in [2.45, 2.75) is 39.8 Å². The third kappa shape index (κ3) is 4.09. The van der Waals surface area contributed by atoms with Gasteiger partial charge in [-0.3, -0.25) is 9.51 Å². The van der Waals surface area contributed by atoms with Crippen molar-refractivity contribution in [1.29, 1.82) is 0 Å². The minimum atomic E-state index is -1.00. The normalized spacial score (nSPS) is 14.1. The smallest absolute Gasteiger partial charge is 0.439 e. The molecule has 0 radical (unpaired) electrons. The Balaban J connectivity index is 1.50. The van der Waals surface area contributed by atoms with Crippen molar-refractivity contribution in [2.75, 3.05) is 0 Å². The zero-order chi connectivity index (χ0) is 26.4. The van der Waals surface area contributed by atoms with Gasteiger partial charge >= 0.3 is 5.76 Å². The fourth-order valence-electron chi connectivity index (χ4n) is 5.07. The molecule has 0 saturated heterocycles. The number of nitrogens with zero attached hydrogens (tertiary/aromatic N) is 3. The number of halogens is 2. The Morgan fingerprint density at radius 1 is 1.08 bits per heavy atom. The van der Waals surface area contributed by atoms with E-state index in [9.17, 15) is 13.6 Å². The lowest BCUT2D eigenvalue weighted by molar-refractivity contribution is 0.304. The van der Waals surface area contributed by atoms with Gasteiger partial charge in [0.05, 0.1) is 11.0 Å². The number of para-hydroxylation sites is 2. The summed E-state index contributed by atoms with van der Waals surface area (Å²) in [6.07, 6.45) is 1.83. The number of fused-ring (bicyclic) bond motifs is 3. The maximum Gasteiger partial charge on any atom is 0.439 e. The van der Waals surface area contributed by atoms with Crippen LogP contribution >= 0.6 is 0 Å². The van der Waals surface area contributed by atoms with Gasteiger partial charge in [-0.2, -0.15) is 0 Å². The molecule has 6 rings (SSSR count). The lowest BCUT2D eigenvalue weighted by Gasteiger charge is -2.15. The average molecular weight is 515 g/mol. The van der Waals surface area contributed by atoms with Crippen LogP contribution < -0.4 is 10.5 Å². The summed E-state index contributed by atoms with van der Waals surface area (Å²) >= 11 is 0. The SMILES string of the molecule is CCCc1nc2ccccc2n1Cc1ccc2c(c1)COc1cc(F)c(F)cc1/C2=C(/C)c1noc(=O)[nH]1. The molecule has 0 fully saturated rings. The predicted octanol–water partition coefficient (Wildman–Crippen LogP) is 5.86. The molecule has 0 amide bonds. The highest BCUT2D eigenvalue weighted by Crippen LogP contribution is 2.41. The van der Waals surface area contributed by atoms with Crippen molar-refractivity contribution >= 4 is 22.2 Å². The third-order valence-electron chi connectivity index (χ3n) is 6.83. The van der Waals surface area contributed by atoms with Crippen molar-refractivity contribution < 1.29 is 18.0 Å². The van der Waals surface area contributed by atoms with E-state index >= 15 is 0 Å². The summed E-state index contributed by atoms with van der Waals surface area (Å²) in [5, 5.41) is 3.81. The van der Waals surface area contributed by atoms with E-state index < -0.39 is 17.4 Å². The molecule has 0 unspecified atom stereocenters. The monoisotopic (exact) mass is 514 g/mol. The number of aromatic amines is 1. The van der Waals surface area contributed by atoms with Crippen molar-refractivity contribution in [2.24, 2.45) is 0 Å². The number of rotatable bonds is 5. The van der Waals surface area contributed by atoms with Gasteiger partial charge in [0.15, 0.2) is 17.5 Å². The molecular formula is C29H24F2N4O3. The van der Waals surface area contributed by atoms with Gasteiger partial charge in [-0.25, -0.2) is 18.6 Å². The number of nitrogens with one attached hydrogen (secondary N) is 1. The van der Waals surface area contributed by atoms with Crippen LogP contribution in [0.1, 0.15) is 54.2 Å². The fraction of sp³-hybridized carbons (Fsp3) is 0.207. The van der Waals surface area contributed by atoms with Crippen LogP contribution in [0.2, 0.25) is 0 Å². The number of aromatic nitrogens is 4. The number of benzene rings is 3. The van der Waals surface area contributed by atoms with E-state index in [-0.39, 0.29) is 18.2 Å². The van der Waals surface area contributed by atoms with E-state index in [4.69, 9.17) is 14.2 Å². The number of aryl methyl sites for hydroxylation is 1. The zero-order valence-electron chi connectivity index (χ0n) is 20.8. The molecule has 1 aliphatic heterocycles. The van der Waals surface area contributed by atoms with Gasteiger partial charge in [0, 0.05) is 30.2 Å². The molecule has 5 aromatic rings. The topological polar surface area (TPSA) is 85.9 Å². The Kier molecular flexibility index (Phi) is 5.90. The first-order valence-electron chi connectivity index (χ1n) is 12.4. The van der Waals surface area contributed by atoms with Crippen molar-refractivity contribution in [3.8, 4) is 5.75 Å². The van der Waals surface area contributed by atoms with Crippen LogP contribution in [0.15, 0.2) is 63.9 Å². The first-order valence-corrected chi connectivity index (χ1v) is 12.4. The molecule has 9 heteroatoms. The molecule has 0 bridgehead atoms. The Morgan fingerprint density at radius 3 is 2.68 bits per heavy atom. The molecule has 0 saturated carbocycles. The Hall–Kier alpha value is -4.53. The lowest BCUT2D eigenvalue weighted by Crippen LogP contribution is -2.07. The van der Waals surface area contributed by atoms with Gasteiger partial charge in [0.1, 0.15) is 18.2 Å². The molecule has 38 heavy (non-hydrogen) atoms. The first kappa shape index (κ1) is 23.8. The van der Waals surface area contributed by atoms with E-state index in [0.717, 1.165) is 58.5 Å². The van der Waals surface area contributed by atoms with Gasteiger partial charge in [0.2, 0.25) is 0 Å². The molecule has 1 N–H and O–H groups in total. The molecule has 0 aliphatic carbocycles. The van der Waals surface area contributed by atoms with Crippen molar-refractivity contribution in [1.82, 2.24) is 19.7 Å². The van der Waals surface area contributed by atoms with E-state index in [1.807, 2.05) is 36.4 Å². The second-order valence-electron chi connectivity index (χ2n) is 9.34. The van der Waals surface area contributed by atoms with E-state index in [2.05, 4.69) is 27.7 Å². The summed E-state index contributed by atoms with van der Waals surface area (Å²) in [5.74, 6) is -1.29. The summed E-state index contributed by atoms with van der Waals surface area (Å²) in [5.41, 5.74) is 6.12. The lowest BCUT2D eigenvalue weighted by atomic mass is 9.89. The maximum atomic E-state index is 14.4. The highest BCUT2D eigenvalue weighted by Gasteiger charge is 2.25. The molecule has 1 aliphatic rings. The molecule has 3 heterocycles. The average Bonchev–Trinajstić information content (AvgIpc) is 3.45. The van der Waals surface area contributed by atoms with Crippen molar-refractivity contribution in [3.63, 3.8) is 0 Å². The van der Waals surface area contributed by atoms with Gasteiger partial charge in [-0.05, 0) is 59.9 Å². The van der Waals surface area contributed by atoms with Gasteiger partial charge in [-0.1, -0.05) is 36.3 Å². The van der Waals surface area contributed by atoms with E-state index in [1.165, 1.54) is 0 Å². The standard InChI is InChI=1S/C29H24F2N4O3/c1-3-6-26-32-23-7-4-5-8-24(23)35(26)14-17-9-10-19-18(11-17)15-37-25-13-22(31)21(30)12-20(25)27(19)16(2)28-33-29(36)38-34-28/h4-5,7-13H,3,6,14-15H2,1-2H3,(H,33,34,36)/b27-16-. The van der Waals surface area contributed by atoms with Gasteiger partial charge in [0.25, 0.3) is 0 Å². The molecule has 192 valence electrons. The quantitative estimate of drug-likeness (QED) is 0.317. The highest BCUT2D eigenvalue weighted by atomic mass is 19.2. The number of imidazole rings is 1. The third-order valence-corrected chi connectivity index (χ3v) is 6.83. The van der Waals surface area contributed by atoms with Crippen LogP contribution in [0.3, 0.4) is 0 Å². The largest absolute Gasteiger partial charge is 0.488 e. The molecule has 2 aromatic heterocycles. The minimum absolute atomic E-state index is 0.153. The van der Waals surface area contributed by atoms with Gasteiger partial charge < -0.3 is 9.30 Å². The zero-order valence-corrected chi connectivity index (χ0v) is 20.8. The number of H-pyrrole nitrogens is 1. The van der Waals surface area contributed by atoms with Crippen LogP contribution in [0.4, 0.5) is 8.78 Å². The summed E-state index contributed by atoms with van der Waals surface area (Å²) < 4.78 is 41.5. The van der Waals surface area contributed by atoms with Crippen LogP contribution in [0, 0.1) is 11.6 Å². The first-order chi connectivity index (χ1) is 18.4.